The minimum absolute atomic E-state index is 0.362. The van der Waals surface area contributed by atoms with E-state index in [0.717, 1.165) is 44.8 Å². The first-order valence-corrected chi connectivity index (χ1v) is 8.57. The minimum atomic E-state index is -0.690. The zero-order valence-electron chi connectivity index (χ0n) is 13.9. The van der Waals surface area contributed by atoms with Gasteiger partial charge in [0, 0.05) is 12.6 Å². The number of likely N-dealkylation sites (tertiary alicyclic amines) is 1. The predicted molar refractivity (Wildman–Crippen MR) is 85.4 cm³/mol. The lowest BCUT2D eigenvalue weighted by atomic mass is 9.77. The second kappa shape index (κ2) is 7.10. The molecule has 0 spiro atoms. The van der Waals surface area contributed by atoms with Crippen LogP contribution in [0.1, 0.15) is 59.3 Å². The lowest BCUT2D eigenvalue weighted by Gasteiger charge is -2.30. The molecule has 0 aromatic carbocycles. The van der Waals surface area contributed by atoms with Gasteiger partial charge in [-0.1, -0.05) is 20.8 Å². The molecule has 1 saturated carbocycles. The zero-order chi connectivity index (χ0) is 15.5. The summed E-state index contributed by atoms with van der Waals surface area (Å²) in [5, 5.41) is 12.6. The van der Waals surface area contributed by atoms with Crippen LogP contribution in [0, 0.1) is 11.3 Å². The summed E-state index contributed by atoms with van der Waals surface area (Å²) in [6.45, 7) is 10.2. The summed E-state index contributed by atoms with van der Waals surface area (Å²) in [5.74, 6) is 0.103. The number of nitrogens with zero attached hydrogens (tertiary/aromatic N) is 1. The summed E-state index contributed by atoms with van der Waals surface area (Å²) < 4.78 is 0. The van der Waals surface area contributed by atoms with Crippen LogP contribution in [0.25, 0.3) is 0 Å². The molecular formula is C17H32N2O2. The van der Waals surface area contributed by atoms with Gasteiger partial charge in [0.1, 0.15) is 6.04 Å². The van der Waals surface area contributed by atoms with Crippen molar-refractivity contribution in [3.8, 4) is 0 Å². The van der Waals surface area contributed by atoms with E-state index in [4.69, 9.17) is 0 Å². The Balaban J connectivity index is 1.75. The van der Waals surface area contributed by atoms with Crippen molar-refractivity contribution in [3.05, 3.63) is 0 Å². The van der Waals surface area contributed by atoms with E-state index in [0.29, 0.717) is 11.5 Å². The molecule has 4 heteroatoms. The first-order valence-electron chi connectivity index (χ1n) is 8.57. The van der Waals surface area contributed by atoms with Crippen molar-refractivity contribution >= 4 is 5.97 Å². The van der Waals surface area contributed by atoms with E-state index in [9.17, 15) is 9.90 Å². The average Bonchev–Trinajstić information content (AvgIpc) is 3.20. The highest BCUT2D eigenvalue weighted by atomic mass is 16.4. The fourth-order valence-electron chi connectivity index (χ4n) is 3.37. The van der Waals surface area contributed by atoms with E-state index in [2.05, 4.69) is 31.0 Å². The first kappa shape index (κ1) is 16.8. The number of carboxylic acid groups (broad SMARTS) is 1. The lowest BCUT2D eigenvalue weighted by Crippen LogP contribution is -2.41. The van der Waals surface area contributed by atoms with Crippen LogP contribution in [0.5, 0.6) is 0 Å². The van der Waals surface area contributed by atoms with Gasteiger partial charge in [-0.3, -0.25) is 4.79 Å². The maximum atomic E-state index is 11.3. The van der Waals surface area contributed by atoms with Crippen molar-refractivity contribution in [3.63, 3.8) is 0 Å². The third-order valence-corrected chi connectivity index (χ3v) is 5.09. The number of hydrogen-bond donors (Lipinski definition) is 2. The quantitative estimate of drug-likeness (QED) is 0.791. The Hall–Kier alpha value is -0.610. The first-order chi connectivity index (χ1) is 9.86. The van der Waals surface area contributed by atoms with Gasteiger partial charge in [-0.15, -0.1) is 0 Å². The van der Waals surface area contributed by atoms with E-state index >= 15 is 0 Å². The van der Waals surface area contributed by atoms with Crippen molar-refractivity contribution < 1.29 is 9.90 Å². The fraction of sp³-hybridized carbons (Fsp3) is 0.941. The molecule has 2 atom stereocenters. The summed E-state index contributed by atoms with van der Waals surface area (Å²) >= 11 is 0. The minimum Gasteiger partial charge on any atom is -0.480 e. The van der Waals surface area contributed by atoms with Crippen LogP contribution in [0.15, 0.2) is 0 Å². The third-order valence-electron chi connectivity index (χ3n) is 5.09. The Morgan fingerprint density at radius 2 is 1.95 bits per heavy atom. The van der Waals surface area contributed by atoms with Gasteiger partial charge in [0.15, 0.2) is 0 Å². The highest BCUT2D eigenvalue weighted by molar-refractivity contribution is 5.73. The van der Waals surface area contributed by atoms with E-state index in [-0.39, 0.29) is 6.04 Å². The normalized spacial score (nSPS) is 26.3. The average molecular weight is 296 g/mol. The number of rotatable bonds is 6. The van der Waals surface area contributed by atoms with E-state index in [1.807, 2.05) is 0 Å². The van der Waals surface area contributed by atoms with Gasteiger partial charge in [0.05, 0.1) is 0 Å². The molecule has 0 radical (unpaired) electrons. The molecule has 2 fully saturated rings. The van der Waals surface area contributed by atoms with Crippen LogP contribution in [0.4, 0.5) is 0 Å². The van der Waals surface area contributed by atoms with Crippen molar-refractivity contribution in [2.75, 3.05) is 19.6 Å². The molecule has 1 aliphatic heterocycles. The van der Waals surface area contributed by atoms with Crippen LogP contribution < -0.4 is 5.32 Å². The summed E-state index contributed by atoms with van der Waals surface area (Å²) in [4.78, 5) is 13.8. The van der Waals surface area contributed by atoms with Gasteiger partial charge in [-0.05, 0) is 62.9 Å². The van der Waals surface area contributed by atoms with Crippen molar-refractivity contribution in [1.82, 2.24) is 10.2 Å². The number of nitrogens with one attached hydrogen (secondary N) is 1. The second-order valence-corrected chi connectivity index (χ2v) is 7.96. The lowest BCUT2D eigenvalue weighted by molar-refractivity contribution is -0.139. The summed E-state index contributed by atoms with van der Waals surface area (Å²) in [7, 11) is 0. The molecule has 122 valence electrons. The van der Waals surface area contributed by atoms with Gasteiger partial charge >= 0.3 is 5.97 Å². The maximum absolute atomic E-state index is 11.3. The predicted octanol–water partition coefficient (Wildman–Crippen LogP) is 2.73. The number of hydrogen-bond acceptors (Lipinski definition) is 3. The molecular weight excluding hydrogens is 264 g/mol. The summed E-state index contributed by atoms with van der Waals surface area (Å²) in [6.07, 6.45) is 6.81. The highest BCUT2D eigenvalue weighted by Crippen LogP contribution is 2.34. The summed E-state index contributed by atoms with van der Waals surface area (Å²) in [6, 6.07) is 0.0969. The molecule has 2 aliphatic rings. The molecule has 0 amide bonds. The number of carboxylic acids is 1. The Bertz CT molecular complexity index is 347. The zero-order valence-corrected chi connectivity index (χ0v) is 13.9. The number of carbonyl (C=O) groups is 1. The number of aliphatic carboxylic acids is 1. The molecule has 2 unspecified atom stereocenters. The Morgan fingerprint density at radius 3 is 2.52 bits per heavy atom. The molecule has 21 heavy (non-hydrogen) atoms. The van der Waals surface area contributed by atoms with Crippen LogP contribution in [0.3, 0.4) is 0 Å². The smallest absolute Gasteiger partial charge is 0.320 e. The van der Waals surface area contributed by atoms with Gasteiger partial charge in [-0.2, -0.15) is 0 Å². The third kappa shape index (κ3) is 5.59. The standard InChI is InChI=1S/C17H32N2O2/c1-17(2,3)13-5-4-10-19(11-8-13)12-9-15(16(20)21)18-14-6-7-14/h13-15,18H,4-12H2,1-3H3,(H,20,21). The highest BCUT2D eigenvalue weighted by Gasteiger charge is 2.30. The van der Waals surface area contributed by atoms with E-state index in [1.54, 1.807) is 0 Å². The Kier molecular flexibility index (Phi) is 5.67. The van der Waals surface area contributed by atoms with Crippen molar-refractivity contribution in [2.45, 2.75) is 71.4 Å². The van der Waals surface area contributed by atoms with Gasteiger partial charge in [-0.25, -0.2) is 0 Å². The van der Waals surface area contributed by atoms with Crippen LogP contribution in [0.2, 0.25) is 0 Å². The molecule has 0 aromatic rings. The molecule has 0 aromatic heterocycles. The Morgan fingerprint density at radius 1 is 1.24 bits per heavy atom. The van der Waals surface area contributed by atoms with Crippen LogP contribution in [-0.4, -0.2) is 47.7 Å². The van der Waals surface area contributed by atoms with Gasteiger partial charge in [0.25, 0.3) is 0 Å². The Labute approximate surface area is 129 Å². The van der Waals surface area contributed by atoms with E-state index < -0.39 is 5.97 Å². The maximum Gasteiger partial charge on any atom is 0.320 e. The molecule has 4 nitrogen and oxygen atoms in total. The summed E-state index contributed by atoms with van der Waals surface area (Å²) in [5.41, 5.74) is 0.396. The molecule has 2 rings (SSSR count). The van der Waals surface area contributed by atoms with E-state index in [1.165, 1.54) is 19.3 Å². The van der Waals surface area contributed by atoms with Gasteiger partial charge < -0.3 is 15.3 Å². The van der Waals surface area contributed by atoms with Crippen molar-refractivity contribution in [1.29, 1.82) is 0 Å². The topological polar surface area (TPSA) is 52.6 Å². The largest absolute Gasteiger partial charge is 0.480 e. The second-order valence-electron chi connectivity index (χ2n) is 7.96. The monoisotopic (exact) mass is 296 g/mol. The van der Waals surface area contributed by atoms with Crippen LogP contribution in [-0.2, 0) is 4.79 Å². The molecule has 2 N–H and O–H groups in total. The molecule has 1 aliphatic carbocycles. The fourth-order valence-corrected chi connectivity index (χ4v) is 3.37. The van der Waals surface area contributed by atoms with Crippen molar-refractivity contribution in [2.24, 2.45) is 11.3 Å². The molecule has 1 heterocycles. The van der Waals surface area contributed by atoms with Crippen LogP contribution >= 0.6 is 0 Å². The molecule has 0 bridgehead atoms. The molecule has 1 saturated heterocycles. The van der Waals surface area contributed by atoms with Gasteiger partial charge in [0.2, 0.25) is 0 Å². The SMILES string of the molecule is CC(C)(C)C1CCCN(CCC(NC2CC2)C(=O)O)CC1.